The summed E-state index contributed by atoms with van der Waals surface area (Å²) >= 11 is 4.87. The molecule has 0 aliphatic rings. The molecule has 0 amide bonds. The molecule has 1 aromatic heterocycles. The average molecular weight is 420 g/mol. The van der Waals surface area contributed by atoms with Crippen molar-refractivity contribution in [2.75, 3.05) is 0 Å². The van der Waals surface area contributed by atoms with Crippen molar-refractivity contribution in [3.8, 4) is 17.2 Å². The van der Waals surface area contributed by atoms with Gasteiger partial charge in [0, 0.05) is 45.8 Å². The van der Waals surface area contributed by atoms with E-state index in [4.69, 9.17) is 12.2 Å². The first-order valence-electron chi connectivity index (χ1n) is 5.89. The fraction of sp³-hybridized carbons (Fsp3) is 0.231. The first-order valence-corrected chi connectivity index (χ1v) is 6.30. The van der Waals surface area contributed by atoms with Crippen LogP contribution in [-0.4, -0.2) is 19.3 Å². The van der Waals surface area contributed by atoms with Gasteiger partial charge in [-0.05, 0) is 17.9 Å². The van der Waals surface area contributed by atoms with Gasteiger partial charge in [0.15, 0.2) is 4.77 Å². The van der Waals surface area contributed by atoms with E-state index in [1.807, 2.05) is 0 Å². The minimum atomic E-state index is -4.75. The summed E-state index contributed by atoms with van der Waals surface area (Å²) in [6.07, 6.45) is -4.75. The Hall–Kier alpha value is -1.19. The first-order chi connectivity index (χ1) is 10.1. The smallest absolute Gasteiger partial charge is 0.431 e. The fourth-order valence-electron chi connectivity index (χ4n) is 1.89. The third kappa shape index (κ3) is 3.51. The minimum absolute atomic E-state index is 0. The zero-order valence-electron chi connectivity index (χ0n) is 12.0. The van der Waals surface area contributed by atoms with Crippen molar-refractivity contribution in [3.05, 3.63) is 44.6 Å². The number of rotatable bonds is 1. The van der Waals surface area contributed by atoms with Gasteiger partial charge in [-0.1, -0.05) is 6.92 Å². The van der Waals surface area contributed by atoms with E-state index in [9.17, 15) is 28.2 Å². The molecule has 0 saturated heterocycles. The number of phenols is 2. The average Bonchev–Trinajstić information content (AvgIpc) is 2.41. The molecule has 0 aliphatic carbocycles. The molecule has 2 aromatic rings. The van der Waals surface area contributed by atoms with Crippen molar-refractivity contribution in [2.24, 2.45) is 7.05 Å². The van der Waals surface area contributed by atoms with Gasteiger partial charge < -0.3 is 14.8 Å². The maximum Gasteiger partial charge on any atom is 0.431 e. The Morgan fingerprint density at radius 1 is 1.26 bits per heavy atom. The number of halogens is 3. The monoisotopic (exact) mass is 420 g/mol. The molecule has 0 bridgehead atoms. The molecule has 0 fully saturated rings. The standard InChI is InChI=1S/C13H10F3N2O3S.Y/c1-6-3-4-7(11(21)10(6)20)18-9(19)5-8(13(14,15)16)17(2)12(18)22;/h3,5,20-21H,1-2H3;/q-1;. The minimum Gasteiger partial charge on any atom is -0.560 e. The molecule has 2 N–H and O–H groups in total. The molecule has 23 heavy (non-hydrogen) atoms. The van der Waals surface area contributed by atoms with Crippen LogP contribution in [0.2, 0.25) is 0 Å². The van der Waals surface area contributed by atoms with Gasteiger partial charge in [-0.25, -0.2) is 0 Å². The van der Waals surface area contributed by atoms with E-state index in [0.717, 1.165) is 7.05 Å². The SMILES string of the molecule is Cc1c[c-]c(-n2c(=O)cc(C(F)(F)F)n(C)c2=S)c(O)c1O.[Y]. The van der Waals surface area contributed by atoms with Crippen LogP contribution in [0.4, 0.5) is 13.2 Å². The van der Waals surface area contributed by atoms with Crippen LogP contribution < -0.4 is 5.56 Å². The summed E-state index contributed by atoms with van der Waals surface area (Å²) in [7, 11) is 1.05. The predicted molar refractivity (Wildman–Crippen MR) is 73.7 cm³/mol. The Bertz CT molecular complexity index is 874. The summed E-state index contributed by atoms with van der Waals surface area (Å²) < 4.78 is 39.3. The second-order valence-corrected chi connectivity index (χ2v) is 4.93. The van der Waals surface area contributed by atoms with E-state index in [1.165, 1.54) is 13.0 Å². The van der Waals surface area contributed by atoms with Gasteiger partial charge in [-0.2, -0.15) is 25.3 Å². The van der Waals surface area contributed by atoms with E-state index >= 15 is 0 Å². The van der Waals surface area contributed by atoms with Crippen molar-refractivity contribution >= 4 is 12.2 Å². The quantitative estimate of drug-likeness (QED) is 0.423. The number of alkyl halides is 3. The summed E-state index contributed by atoms with van der Waals surface area (Å²) in [6, 6.07) is 4.16. The summed E-state index contributed by atoms with van der Waals surface area (Å²) in [5, 5.41) is 19.6. The molecule has 5 nitrogen and oxygen atoms in total. The van der Waals surface area contributed by atoms with Crippen LogP contribution in [0.5, 0.6) is 11.5 Å². The summed E-state index contributed by atoms with van der Waals surface area (Å²) in [4.78, 5) is 12.0. The van der Waals surface area contributed by atoms with Gasteiger partial charge in [0.25, 0.3) is 5.56 Å². The molecular formula is C13H10F3N2O3SY-. The number of aryl methyl sites for hydroxylation is 1. The molecule has 10 heteroatoms. The topological polar surface area (TPSA) is 67.4 Å². The van der Waals surface area contributed by atoms with E-state index in [-0.39, 0.29) is 44.0 Å². The second-order valence-electron chi connectivity index (χ2n) is 4.56. The molecule has 1 radical (unpaired) electrons. The van der Waals surface area contributed by atoms with Gasteiger partial charge in [-0.15, -0.1) is 5.56 Å². The van der Waals surface area contributed by atoms with E-state index in [2.05, 4.69) is 6.07 Å². The molecule has 0 aliphatic heterocycles. The van der Waals surface area contributed by atoms with Crippen molar-refractivity contribution in [1.82, 2.24) is 9.13 Å². The van der Waals surface area contributed by atoms with Crippen molar-refractivity contribution in [2.45, 2.75) is 13.1 Å². The second kappa shape index (κ2) is 6.74. The van der Waals surface area contributed by atoms with Crippen LogP contribution in [0.15, 0.2) is 16.9 Å². The summed E-state index contributed by atoms with van der Waals surface area (Å²) in [5.74, 6) is -1.19. The maximum absolute atomic E-state index is 12.8. The third-order valence-electron chi connectivity index (χ3n) is 3.08. The summed E-state index contributed by atoms with van der Waals surface area (Å²) in [6.45, 7) is 1.49. The summed E-state index contributed by atoms with van der Waals surface area (Å²) in [5.41, 5.74) is -2.33. The number of hydrogen-bond donors (Lipinski definition) is 2. The van der Waals surface area contributed by atoms with E-state index in [1.54, 1.807) is 0 Å². The van der Waals surface area contributed by atoms with Gasteiger partial charge >= 0.3 is 6.18 Å². The number of aromatic nitrogens is 2. The molecule has 2 rings (SSSR count). The maximum atomic E-state index is 12.8. The molecule has 1 aromatic carbocycles. The third-order valence-corrected chi connectivity index (χ3v) is 3.54. The van der Waals surface area contributed by atoms with Crippen LogP contribution >= 0.6 is 12.2 Å². The predicted octanol–water partition coefficient (Wildman–Crippen LogP) is 2.44. The van der Waals surface area contributed by atoms with Gasteiger partial charge in [0.05, 0.1) is 11.5 Å². The number of phenolic OH excluding ortho intramolecular Hbond substituents is 2. The molecular weight excluding hydrogens is 410 g/mol. The number of benzene rings is 1. The van der Waals surface area contributed by atoms with Crippen molar-refractivity contribution < 1.29 is 56.1 Å². The number of nitrogens with zero attached hydrogens (tertiary/aromatic N) is 2. The van der Waals surface area contributed by atoms with Crippen LogP contribution in [0.1, 0.15) is 11.3 Å². The molecule has 121 valence electrons. The van der Waals surface area contributed by atoms with E-state index < -0.39 is 33.7 Å². The Morgan fingerprint density at radius 3 is 2.35 bits per heavy atom. The largest absolute Gasteiger partial charge is 0.560 e. The first kappa shape index (κ1) is 19.9. The number of aromatic hydroxyl groups is 2. The molecule has 0 unspecified atom stereocenters. The fourth-order valence-corrected chi connectivity index (χ4v) is 2.17. The van der Waals surface area contributed by atoms with Crippen molar-refractivity contribution in [3.63, 3.8) is 0 Å². The van der Waals surface area contributed by atoms with Gasteiger partial charge in [0.1, 0.15) is 5.69 Å². The van der Waals surface area contributed by atoms with Crippen LogP contribution in [0.25, 0.3) is 5.69 Å². The zero-order chi connectivity index (χ0) is 16.8. The van der Waals surface area contributed by atoms with Crippen LogP contribution in [-0.2, 0) is 45.9 Å². The number of hydrogen-bond acceptors (Lipinski definition) is 4. The Morgan fingerprint density at radius 2 is 1.83 bits per heavy atom. The normalized spacial score (nSPS) is 11.2. The molecule has 1 heterocycles. The van der Waals surface area contributed by atoms with E-state index in [0.29, 0.717) is 15.2 Å². The molecule has 0 spiro atoms. The van der Waals surface area contributed by atoms with Crippen LogP contribution in [0.3, 0.4) is 0 Å². The Balaban J connectivity index is 0.00000264. The van der Waals surface area contributed by atoms with Crippen LogP contribution in [0, 0.1) is 17.8 Å². The molecule has 0 saturated carbocycles. The molecule has 0 atom stereocenters. The Kier molecular flexibility index (Phi) is 5.82. The van der Waals surface area contributed by atoms with Crippen molar-refractivity contribution in [1.29, 1.82) is 0 Å². The zero-order valence-corrected chi connectivity index (χ0v) is 15.6. The Labute approximate surface area is 158 Å². The van der Waals surface area contributed by atoms with Gasteiger partial charge in [0.2, 0.25) is 0 Å². The van der Waals surface area contributed by atoms with Gasteiger partial charge in [-0.3, -0.25) is 9.36 Å².